The molecule has 2 N–H and O–H groups in total. The first kappa shape index (κ1) is 18.7. The number of piperidine rings is 1. The monoisotopic (exact) mass is 393 g/mol. The second kappa shape index (κ2) is 8.15. The topological polar surface area (TPSA) is 76.4 Å². The third-order valence-corrected chi connectivity index (χ3v) is 6.27. The Bertz CT molecular complexity index is 928. The molecule has 0 atom stereocenters. The molecule has 6 heteroatoms. The van der Waals surface area contributed by atoms with Crippen LogP contribution in [0.3, 0.4) is 0 Å². The van der Waals surface area contributed by atoms with Gasteiger partial charge in [-0.2, -0.15) is 5.26 Å². The Balaban J connectivity index is 1.61. The number of nitrogens with one attached hydrogen (secondary N) is 1. The van der Waals surface area contributed by atoms with E-state index in [1.807, 2.05) is 24.3 Å². The number of benzene rings is 2. The minimum Gasteiger partial charge on any atom is -0.478 e. The Morgan fingerprint density at radius 3 is 2.61 bits per heavy atom. The van der Waals surface area contributed by atoms with Crippen molar-refractivity contribution in [2.45, 2.75) is 42.9 Å². The normalized spacial score (nSPS) is 16.5. The van der Waals surface area contributed by atoms with Crippen LogP contribution in [-0.2, 0) is 0 Å². The van der Waals surface area contributed by atoms with Crippen molar-refractivity contribution in [3.05, 3.63) is 53.1 Å². The van der Waals surface area contributed by atoms with Crippen LogP contribution >= 0.6 is 11.9 Å². The van der Waals surface area contributed by atoms with E-state index >= 15 is 0 Å². The molecule has 1 heterocycles. The minimum absolute atomic E-state index is 0.302. The summed E-state index contributed by atoms with van der Waals surface area (Å²) in [5, 5.41) is 18.7. The summed E-state index contributed by atoms with van der Waals surface area (Å²) < 4.78 is 3.42. The standard InChI is InChI=1S/C22H23N3O2S/c23-14-15-4-9-20(25-10-2-1-3-11-25)19(12-15)24-28-21-13-17(22(26)27)7-8-18(21)16-5-6-16/h4,7-9,12-13,16,24H,1-3,5-6,10-11H2,(H,26,27). The highest BCUT2D eigenvalue weighted by atomic mass is 32.2. The lowest BCUT2D eigenvalue weighted by Crippen LogP contribution is -2.29. The summed E-state index contributed by atoms with van der Waals surface area (Å²) in [5.41, 5.74) is 4.14. The van der Waals surface area contributed by atoms with Gasteiger partial charge in [-0.25, -0.2) is 4.79 Å². The van der Waals surface area contributed by atoms with Crippen LogP contribution in [0.2, 0.25) is 0 Å². The van der Waals surface area contributed by atoms with Crippen molar-refractivity contribution in [2.75, 3.05) is 22.7 Å². The molecule has 1 aliphatic heterocycles. The van der Waals surface area contributed by atoms with Gasteiger partial charge in [-0.05, 0) is 85.9 Å². The lowest BCUT2D eigenvalue weighted by Gasteiger charge is -2.30. The Labute approximate surface area is 169 Å². The second-order valence-electron chi connectivity index (χ2n) is 7.43. The van der Waals surface area contributed by atoms with Crippen LogP contribution in [-0.4, -0.2) is 24.2 Å². The molecule has 1 aliphatic carbocycles. The highest BCUT2D eigenvalue weighted by Gasteiger charge is 2.27. The first-order valence-corrected chi connectivity index (χ1v) is 10.6. The van der Waals surface area contributed by atoms with E-state index in [1.54, 1.807) is 12.1 Å². The van der Waals surface area contributed by atoms with Crippen molar-refractivity contribution < 1.29 is 9.90 Å². The molecule has 2 aliphatic rings. The molecule has 1 saturated carbocycles. The fourth-order valence-corrected chi connectivity index (χ4v) is 4.62. The molecule has 0 radical (unpaired) electrons. The average Bonchev–Trinajstić information content (AvgIpc) is 3.57. The van der Waals surface area contributed by atoms with E-state index in [0.717, 1.165) is 42.2 Å². The van der Waals surface area contributed by atoms with E-state index in [1.165, 1.54) is 36.8 Å². The van der Waals surface area contributed by atoms with Gasteiger partial charge in [-0.15, -0.1) is 0 Å². The molecular formula is C22H23N3O2S. The number of carboxylic acid groups (broad SMARTS) is 1. The molecule has 0 amide bonds. The van der Waals surface area contributed by atoms with Gasteiger partial charge >= 0.3 is 5.97 Å². The molecule has 2 fully saturated rings. The molecular weight excluding hydrogens is 370 g/mol. The zero-order chi connectivity index (χ0) is 19.5. The maximum absolute atomic E-state index is 11.4. The van der Waals surface area contributed by atoms with E-state index in [-0.39, 0.29) is 0 Å². The number of nitriles is 1. The summed E-state index contributed by atoms with van der Waals surface area (Å²) in [6, 6.07) is 13.4. The Morgan fingerprint density at radius 2 is 1.93 bits per heavy atom. The Hall–Kier alpha value is -2.65. The van der Waals surface area contributed by atoms with Crippen LogP contribution in [0.5, 0.6) is 0 Å². The first-order valence-electron chi connectivity index (χ1n) is 9.75. The number of carboxylic acids is 1. The molecule has 0 aromatic heterocycles. The van der Waals surface area contributed by atoms with E-state index in [0.29, 0.717) is 17.0 Å². The van der Waals surface area contributed by atoms with Crippen LogP contribution in [0.1, 0.15) is 59.5 Å². The molecule has 4 rings (SSSR count). The molecule has 144 valence electrons. The van der Waals surface area contributed by atoms with Gasteiger partial charge in [0.25, 0.3) is 0 Å². The zero-order valence-corrected chi connectivity index (χ0v) is 16.5. The summed E-state index contributed by atoms with van der Waals surface area (Å²) in [4.78, 5) is 14.7. The van der Waals surface area contributed by atoms with Gasteiger partial charge in [0.15, 0.2) is 0 Å². The van der Waals surface area contributed by atoms with Gasteiger partial charge in [-0.1, -0.05) is 6.07 Å². The maximum Gasteiger partial charge on any atom is 0.335 e. The van der Waals surface area contributed by atoms with Gasteiger partial charge in [0.1, 0.15) is 0 Å². The Kier molecular flexibility index (Phi) is 5.45. The summed E-state index contributed by atoms with van der Waals surface area (Å²) in [5.74, 6) is -0.385. The molecule has 1 saturated heterocycles. The van der Waals surface area contributed by atoms with Crippen molar-refractivity contribution in [1.29, 1.82) is 5.26 Å². The second-order valence-corrected chi connectivity index (χ2v) is 8.28. The van der Waals surface area contributed by atoms with Crippen molar-refractivity contribution in [1.82, 2.24) is 0 Å². The Morgan fingerprint density at radius 1 is 1.14 bits per heavy atom. The molecule has 0 bridgehead atoms. The predicted molar refractivity (Wildman–Crippen MR) is 112 cm³/mol. The SMILES string of the molecule is N#Cc1ccc(N2CCCCC2)c(NSc2cc(C(=O)O)ccc2C2CC2)c1. The largest absolute Gasteiger partial charge is 0.478 e. The third kappa shape index (κ3) is 4.10. The van der Waals surface area contributed by atoms with Crippen LogP contribution in [0, 0.1) is 11.3 Å². The molecule has 28 heavy (non-hydrogen) atoms. The number of anilines is 2. The van der Waals surface area contributed by atoms with E-state index in [4.69, 9.17) is 0 Å². The average molecular weight is 394 g/mol. The fourth-order valence-electron chi connectivity index (χ4n) is 3.70. The number of nitrogens with zero attached hydrogens (tertiary/aromatic N) is 2. The van der Waals surface area contributed by atoms with Crippen molar-refractivity contribution in [3.8, 4) is 6.07 Å². The van der Waals surface area contributed by atoms with Gasteiger partial charge in [0.2, 0.25) is 0 Å². The fraction of sp³-hybridized carbons (Fsp3) is 0.364. The number of hydrogen-bond acceptors (Lipinski definition) is 5. The lowest BCUT2D eigenvalue weighted by atomic mass is 10.1. The van der Waals surface area contributed by atoms with Crippen molar-refractivity contribution in [2.24, 2.45) is 0 Å². The third-order valence-electron chi connectivity index (χ3n) is 5.37. The predicted octanol–water partition coefficient (Wildman–Crippen LogP) is 5.24. The van der Waals surface area contributed by atoms with Crippen LogP contribution in [0.25, 0.3) is 0 Å². The summed E-state index contributed by atoms with van der Waals surface area (Å²) in [6.07, 6.45) is 5.93. The molecule has 0 unspecified atom stereocenters. The van der Waals surface area contributed by atoms with E-state index < -0.39 is 5.97 Å². The number of rotatable bonds is 6. The lowest BCUT2D eigenvalue weighted by molar-refractivity contribution is 0.0696. The molecule has 5 nitrogen and oxygen atoms in total. The quantitative estimate of drug-likeness (QED) is 0.653. The summed E-state index contributed by atoms with van der Waals surface area (Å²) in [7, 11) is 0. The number of carbonyl (C=O) groups is 1. The number of aromatic carboxylic acids is 1. The van der Waals surface area contributed by atoms with Gasteiger partial charge in [0, 0.05) is 18.0 Å². The maximum atomic E-state index is 11.4. The first-order chi connectivity index (χ1) is 13.7. The number of hydrogen-bond donors (Lipinski definition) is 2. The highest BCUT2D eigenvalue weighted by molar-refractivity contribution is 8.00. The smallest absolute Gasteiger partial charge is 0.335 e. The minimum atomic E-state index is -0.912. The van der Waals surface area contributed by atoms with Crippen molar-refractivity contribution >= 4 is 29.3 Å². The summed E-state index contributed by atoms with van der Waals surface area (Å²) in [6.45, 7) is 2.04. The molecule has 2 aromatic rings. The van der Waals surface area contributed by atoms with Gasteiger partial charge < -0.3 is 14.7 Å². The van der Waals surface area contributed by atoms with E-state index in [2.05, 4.69) is 15.7 Å². The van der Waals surface area contributed by atoms with Crippen LogP contribution < -0.4 is 9.62 Å². The van der Waals surface area contributed by atoms with Gasteiger partial charge in [0.05, 0.1) is 28.6 Å². The highest BCUT2D eigenvalue weighted by Crippen LogP contribution is 2.45. The van der Waals surface area contributed by atoms with Crippen LogP contribution in [0.15, 0.2) is 41.3 Å². The van der Waals surface area contributed by atoms with Crippen LogP contribution in [0.4, 0.5) is 11.4 Å². The molecule has 0 spiro atoms. The summed E-state index contributed by atoms with van der Waals surface area (Å²) >= 11 is 1.45. The van der Waals surface area contributed by atoms with Crippen molar-refractivity contribution in [3.63, 3.8) is 0 Å². The molecule has 2 aromatic carbocycles. The van der Waals surface area contributed by atoms with Gasteiger partial charge in [-0.3, -0.25) is 0 Å². The van der Waals surface area contributed by atoms with E-state index in [9.17, 15) is 15.2 Å². The zero-order valence-electron chi connectivity index (χ0n) is 15.6.